The number of para-hydroxylation sites is 1. The smallest absolute Gasteiger partial charge is 0.234 e. The fourth-order valence-corrected chi connectivity index (χ4v) is 3.43. The van der Waals surface area contributed by atoms with Crippen molar-refractivity contribution in [1.29, 1.82) is 0 Å². The standard InChI is InChI=1S/C17H14FIN4OS/c1-23-16(11-6-2-3-7-12(11)18)21-22-17(23)25-10-15(24)20-14-9-5-4-8-13(14)19/h2-9H,10H2,1H3,(H,20,24). The van der Waals surface area contributed by atoms with Gasteiger partial charge in [-0.2, -0.15) is 0 Å². The highest BCUT2D eigenvalue weighted by atomic mass is 127. The van der Waals surface area contributed by atoms with Gasteiger partial charge in [0.15, 0.2) is 11.0 Å². The van der Waals surface area contributed by atoms with Crippen molar-refractivity contribution < 1.29 is 9.18 Å². The van der Waals surface area contributed by atoms with Crippen LogP contribution in [0, 0.1) is 9.39 Å². The van der Waals surface area contributed by atoms with Crippen LogP contribution in [0.15, 0.2) is 53.7 Å². The highest BCUT2D eigenvalue weighted by Crippen LogP contribution is 2.25. The van der Waals surface area contributed by atoms with Gasteiger partial charge in [0.1, 0.15) is 5.82 Å². The maximum Gasteiger partial charge on any atom is 0.234 e. The van der Waals surface area contributed by atoms with Gasteiger partial charge in [-0.3, -0.25) is 4.79 Å². The fraction of sp³-hybridized carbons (Fsp3) is 0.118. The number of carbonyl (C=O) groups is 1. The normalized spacial score (nSPS) is 10.7. The molecule has 8 heteroatoms. The zero-order chi connectivity index (χ0) is 17.8. The van der Waals surface area contributed by atoms with Gasteiger partial charge in [-0.05, 0) is 46.9 Å². The van der Waals surface area contributed by atoms with Gasteiger partial charge in [0.25, 0.3) is 0 Å². The van der Waals surface area contributed by atoms with Crippen molar-refractivity contribution >= 4 is 45.9 Å². The molecular formula is C17H14FIN4OS. The van der Waals surface area contributed by atoms with Crippen molar-refractivity contribution in [1.82, 2.24) is 14.8 Å². The third kappa shape index (κ3) is 4.18. The number of nitrogens with one attached hydrogen (secondary N) is 1. The molecular weight excluding hydrogens is 454 g/mol. The van der Waals surface area contributed by atoms with E-state index in [9.17, 15) is 9.18 Å². The minimum atomic E-state index is -0.356. The zero-order valence-electron chi connectivity index (χ0n) is 13.2. The van der Waals surface area contributed by atoms with Gasteiger partial charge in [0.2, 0.25) is 5.91 Å². The lowest BCUT2D eigenvalue weighted by atomic mass is 10.2. The van der Waals surface area contributed by atoms with E-state index in [1.54, 1.807) is 29.8 Å². The Hall–Kier alpha value is -1.94. The minimum Gasteiger partial charge on any atom is -0.324 e. The maximum absolute atomic E-state index is 13.9. The summed E-state index contributed by atoms with van der Waals surface area (Å²) < 4.78 is 16.6. The van der Waals surface area contributed by atoms with E-state index in [0.717, 1.165) is 9.26 Å². The van der Waals surface area contributed by atoms with Crippen molar-refractivity contribution in [3.05, 3.63) is 57.9 Å². The van der Waals surface area contributed by atoms with Crippen molar-refractivity contribution in [2.75, 3.05) is 11.1 Å². The Morgan fingerprint density at radius 3 is 2.68 bits per heavy atom. The van der Waals surface area contributed by atoms with Crippen LogP contribution in [-0.2, 0) is 11.8 Å². The molecule has 5 nitrogen and oxygen atoms in total. The SMILES string of the molecule is Cn1c(SCC(=O)Nc2ccccc2I)nnc1-c1ccccc1F. The number of nitrogens with zero attached hydrogens (tertiary/aromatic N) is 3. The van der Waals surface area contributed by atoms with Crippen molar-refractivity contribution in [3.8, 4) is 11.4 Å². The van der Waals surface area contributed by atoms with E-state index in [2.05, 4.69) is 38.1 Å². The number of thioether (sulfide) groups is 1. The van der Waals surface area contributed by atoms with Gasteiger partial charge in [0.05, 0.1) is 17.0 Å². The molecule has 3 rings (SSSR count). The monoisotopic (exact) mass is 468 g/mol. The van der Waals surface area contributed by atoms with Crippen LogP contribution in [0.2, 0.25) is 0 Å². The van der Waals surface area contributed by atoms with Crippen molar-refractivity contribution in [3.63, 3.8) is 0 Å². The Balaban J connectivity index is 1.67. The average Bonchev–Trinajstić information content (AvgIpc) is 2.96. The average molecular weight is 468 g/mol. The molecule has 2 aromatic carbocycles. The summed E-state index contributed by atoms with van der Waals surface area (Å²) in [4.78, 5) is 12.1. The number of amides is 1. The molecule has 1 amide bonds. The summed E-state index contributed by atoms with van der Waals surface area (Å²) in [7, 11) is 1.75. The summed E-state index contributed by atoms with van der Waals surface area (Å²) in [6, 6.07) is 14.0. The van der Waals surface area contributed by atoms with E-state index >= 15 is 0 Å². The molecule has 1 N–H and O–H groups in total. The molecule has 0 saturated heterocycles. The third-order valence-electron chi connectivity index (χ3n) is 3.43. The highest BCUT2D eigenvalue weighted by molar-refractivity contribution is 14.1. The number of aromatic nitrogens is 3. The molecule has 0 fully saturated rings. The van der Waals surface area contributed by atoms with E-state index in [1.165, 1.54) is 17.8 Å². The van der Waals surface area contributed by atoms with Crippen LogP contribution < -0.4 is 5.32 Å². The summed E-state index contributed by atoms with van der Waals surface area (Å²) in [6.07, 6.45) is 0. The van der Waals surface area contributed by atoms with E-state index in [0.29, 0.717) is 16.5 Å². The second-order valence-corrected chi connectivity index (χ2v) is 7.27. The molecule has 128 valence electrons. The van der Waals surface area contributed by atoms with Crippen LogP contribution >= 0.6 is 34.4 Å². The quantitative estimate of drug-likeness (QED) is 0.455. The van der Waals surface area contributed by atoms with Crippen LogP contribution in [-0.4, -0.2) is 26.4 Å². The highest BCUT2D eigenvalue weighted by Gasteiger charge is 2.15. The first-order chi connectivity index (χ1) is 12.1. The van der Waals surface area contributed by atoms with E-state index in [4.69, 9.17) is 0 Å². The number of carbonyl (C=O) groups excluding carboxylic acids is 1. The summed E-state index contributed by atoms with van der Waals surface area (Å²) in [5.41, 5.74) is 1.16. The second kappa shape index (κ2) is 7.96. The first kappa shape index (κ1) is 17.9. The van der Waals surface area contributed by atoms with Crippen LogP contribution in [0.25, 0.3) is 11.4 Å². The van der Waals surface area contributed by atoms with E-state index in [-0.39, 0.29) is 17.5 Å². The molecule has 1 heterocycles. The van der Waals surface area contributed by atoms with Gasteiger partial charge in [-0.15, -0.1) is 10.2 Å². The molecule has 0 aliphatic carbocycles. The second-order valence-electron chi connectivity index (χ2n) is 5.16. The summed E-state index contributed by atoms with van der Waals surface area (Å²) in [5, 5.41) is 11.5. The minimum absolute atomic E-state index is 0.135. The van der Waals surface area contributed by atoms with Gasteiger partial charge in [0, 0.05) is 10.6 Å². The molecule has 0 saturated carbocycles. The lowest BCUT2D eigenvalue weighted by molar-refractivity contribution is -0.113. The number of halogens is 2. The molecule has 0 spiro atoms. The van der Waals surface area contributed by atoms with Gasteiger partial charge in [-0.1, -0.05) is 36.0 Å². The molecule has 0 aliphatic heterocycles. The lowest BCUT2D eigenvalue weighted by Gasteiger charge is -2.07. The fourth-order valence-electron chi connectivity index (χ4n) is 2.20. The Morgan fingerprint density at radius 1 is 1.20 bits per heavy atom. The molecule has 0 bridgehead atoms. The Labute approximate surface area is 162 Å². The summed E-state index contributed by atoms with van der Waals surface area (Å²) >= 11 is 3.42. The number of rotatable bonds is 5. The predicted molar refractivity (Wildman–Crippen MR) is 105 cm³/mol. The molecule has 0 aliphatic rings. The molecule has 25 heavy (non-hydrogen) atoms. The van der Waals surface area contributed by atoms with Crippen molar-refractivity contribution in [2.24, 2.45) is 7.05 Å². The zero-order valence-corrected chi connectivity index (χ0v) is 16.2. The first-order valence-corrected chi connectivity index (χ1v) is 9.44. The third-order valence-corrected chi connectivity index (χ3v) is 5.39. The number of hydrogen-bond acceptors (Lipinski definition) is 4. The van der Waals surface area contributed by atoms with Crippen LogP contribution in [0.5, 0.6) is 0 Å². The van der Waals surface area contributed by atoms with E-state index < -0.39 is 0 Å². The first-order valence-electron chi connectivity index (χ1n) is 7.37. The largest absolute Gasteiger partial charge is 0.324 e. The Morgan fingerprint density at radius 2 is 1.92 bits per heavy atom. The number of benzene rings is 2. The topological polar surface area (TPSA) is 59.8 Å². The van der Waals surface area contributed by atoms with Gasteiger partial charge >= 0.3 is 0 Å². The molecule has 1 aromatic heterocycles. The van der Waals surface area contributed by atoms with E-state index in [1.807, 2.05) is 24.3 Å². The molecule has 0 radical (unpaired) electrons. The Kier molecular flexibility index (Phi) is 5.69. The molecule has 0 atom stereocenters. The summed E-state index contributed by atoms with van der Waals surface area (Å²) in [5.74, 6) is 0.128. The van der Waals surface area contributed by atoms with Crippen LogP contribution in [0.3, 0.4) is 0 Å². The van der Waals surface area contributed by atoms with Gasteiger partial charge in [-0.25, -0.2) is 4.39 Å². The Bertz CT molecular complexity index is 915. The molecule has 0 unspecified atom stereocenters. The van der Waals surface area contributed by atoms with Crippen molar-refractivity contribution in [2.45, 2.75) is 5.16 Å². The number of hydrogen-bond donors (Lipinski definition) is 1. The number of anilines is 1. The summed E-state index contributed by atoms with van der Waals surface area (Å²) in [6.45, 7) is 0. The lowest BCUT2D eigenvalue weighted by Crippen LogP contribution is -2.15. The molecule has 3 aromatic rings. The van der Waals surface area contributed by atoms with Crippen LogP contribution in [0.4, 0.5) is 10.1 Å². The van der Waals surface area contributed by atoms with Crippen LogP contribution in [0.1, 0.15) is 0 Å². The maximum atomic E-state index is 13.9. The van der Waals surface area contributed by atoms with Gasteiger partial charge < -0.3 is 9.88 Å². The predicted octanol–water partition coefficient (Wildman–Crippen LogP) is 3.96.